The minimum absolute atomic E-state index is 0.0123. The molecule has 0 saturated heterocycles. The van der Waals surface area contributed by atoms with Gasteiger partial charge in [0.15, 0.2) is 11.6 Å². The normalized spacial score (nSPS) is 21.9. The van der Waals surface area contributed by atoms with Gasteiger partial charge in [0.1, 0.15) is 0 Å². The van der Waals surface area contributed by atoms with Crippen molar-refractivity contribution in [2.45, 2.75) is 38.7 Å². The number of nitrogens with one attached hydrogen (secondary N) is 1. The highest BCUT2D eigenvalue weighted by Gasteiger charge is 2.24. The largest absolute Gasteiger partial charge is 0.490 e. The number of hydrogen-bond donors (Lipinski definition) is 2. The van der Waals surface area contributed by atoms with Crippen LogP contribution >= 0.6 is 0 Å². The number of halogens is 1. The first-order chi connectivity index (χ1) is 10.1. The van der Waals surface area contributed by atoms with Gasteiger partial charge in [0.05, 0.1) is 18.3 Å². The van der Waals surface area contributed by atoms with Gasteiger partial charge in [0.25, 0.3) is 5.91 Å². The van der Waals surface area contributed by atoms with Crippen molar-refractivity contribution in [2.24, 2.45) is 5.92 Å². The van der Waals surface area contributed by atoms with Crippen molar-refractivity contribution in [3.8, 4) is 5.75 Å². The summed E-state index contributed by atoms with van der Waals surface area (Å²) in [5.74, 6) is -0.841. The van der Waals surface area contributed by atoms with Crippen molar-refractivity contribution < 1.29 is 19.0 Å². The van der Waals surface area contributed by atoms with Crippen molar-refractivity contribution in [2.75, 3.05) is 13.2 Å². The van der Waals surface area contributed by atoms with E-state index in [9.17, 15) is 14.3 Å². The summed E-state index contributed by atoms with van der Waals surface area (Å²) >= 11 is 0. The molecular weight excluding hydrogens is 273 g/mol. The van der Waals surface area contributed by atoms with Crippen LogP contribution in [0.25, 0.3) is 0 Å². The molecule has 1 aliphatic carbocycles. The van der Waals surface area contributed by atoms with Crippen molar-refractivity contribution in [3.05, 3.63) is 29.6 Å². The number of carbonyl (C=O) groups is 1. The maximum atomic E-state index is 13.7. The van der Waals surface area contributed by atoms with Crippen LogP contribution in [0, 0.1) is 11.7 Å². The first-order valence-corrected chi connectivity index (χ1v) is 7.51. The molecule has 2 N–H and O–H groups in total. The number of aliphatic hydroxyl groups excluding tert-OH is 1. The summed E-state index contributed by atoms with van der Waals surface area (Å²) in [6.07, 6.45) is 3.43. The van der Waals surface area contributed by atoms with Gasteiger partial charge in [-0.1, -0.05) is 18.9 Å². The van der Waals surface area contributed by atoms with Crippen molar-refractivity contribution in [3.63, 3.8) is 0 Å². The number of carbonyl (C=O) groups excluding carboxylic acids is 1. The summed E-state index contributed by atoms with van der Waals surface area (Å²) < 4.78 is 18.9. The van der Waals surface area contributed by atoms with E-state index in [0.29, 0.717) is 13.2 Å². The number of rotatable bonds is 5. The molecule has 0 bridgehead atoms. The molecule has 0 spiro atoms. The predicted molar refractivity (Wildman–Crippen MR) is 77.9 cm³/mol. The Morgan fingerprint density at radius 3 is 2.90 bits per heavy atom. The fourth-order valence-electron chi connectivity index (χ4n) is 2.72. The minimum atomic E-state index is -0.540. The van der Waals surface area contributed by atoms with Gasteiger partial charge in [-0.25, -0.2) is 4.39 Å². The van der Waals surface area contributed by atoms with E-state index in [-0.39, 0.29) is 29.2 Å². The second-order valence-corrected chi connectivity index (χ2v) is 5.37. The molecule has 116 valence electrons. The molecule has 4 nitrogen and oxygen atoms in total. The lowest BCUT2D eigenvalue weighted by molar-refractivity contribution is 0.0662. The molecule has 5 heteroatoms. The lowest BCUT2D eigenvalue weighted by atomic mass is 9.86. The van der Waals surface area contributed by atoms with Crippen LogP contribution in [0.15, 0.2) is 18.2 Å². The Bertz CT molecular complexity index is 492. The maximum Gasteiger partial charge on any atom is 0.255 e. The van der Waals surface area contributed by atoms with Gasteiger partial charge in [-0.2, -0.15) is 0 Å². The van der Waals surface area contributed by atoms with E-state index in [2.05, 4.69) is 5.32 Å². The molecule has 1 fully saturated rings. The van der Waals surface area contributed by atoms with Crippen LogP contribution < -0.4 is 10.1 Å². The first-order valence-electron chi connectivity index (χ1n) is 7.51. The van der Waals surface area contributed by atoms with Gasteiger partial charge < -0.3 is 15.2 Å². The molecule has 1 aliphatic rings. The Hall–Kier alpha value is -1.62. The van der Waals surface area contributed by atoms with Gasteiger partial charge in [-0.3, -0.25) is 4.79 Å². The summed E-state index contributed by atoms with van der Waals surface area (Å²) in [5.41, 5.74) is 0.196. The highest BCUT2D eigenvalue weighted by atomic mass is 19.1. The number of benzene rings is 1. The highest BCUT2D eigenvalue weighted by molar-refractivity contribution is 5.97. The molecule has 2 rings (SSSR count). The van der Waals surface area contributed by atoms with Gasteiger partial charge in [-0.05, 0) is 31.9 Å². The third-order valence-electron chi connectivity index (χ3n) is 3.89. The number of amides is 1. The molecule has 0 heterocycles. The lowest BCUT2D eigenvalue weighted by Crippen LogP contribution is -2.36. The van der Waals surface area contributed by atoms with E-state index in [1.165, 1.54) is 12.1 Å². The molecule has 1 saturated carbocycles. The third-order valence-corrected chi connectivity index (χ3v) is 3.89. The van der Waals surface area contributed by atoms with Gasteiger partial charge in [0, 0.05) is 12.5 Å². The van der Waals surface area contributed by atoms with E-state index in [1.807, 2.05) is 0 Å². The lowest BCUT2D eigenvalue weighted by Gasteiger charge is -2.27. The standard InChI is InChI=1S/C16H22FNO3/c1-2-21-15-12(7-5-8-13(15)17)16(20)18-10-11-6-3-4-9-14(11)19/h5,7-8,11,14,19H,2-4,6,9-10H2,1H3,(H,18,20)/t11-,14-/m0/s1. The Morgan fingerprint density at radius 1 is 1.43 bits per heavy atom. The van der Waals surface area contributed by atoms with Crippen molar-refractivity contribution in [1.82, 2.24) is 5.32 Å². The first kappa shape index (κ1) is 15.8. The Labute approximate surface area is 124 Å². The molecule has 1 aromatic carbocycles. The van der Waals surface area contributed by atoms with Crippen LogP contribution in [-0.4, -0.2) is 30.3 Å². The summed E-state index contributed by atoms with van der Waals surface area (Å²) in [6, 6.07) is 4.30. The van der Waals surface area contributed by atoms with Crippen molar-refractivity contribution in [1.29, 1.82) is 0 Å². The fraction of sp³-hybridized carbons (Fsp3) is 0.562. The average Bonchev–Trinajstić information content (AvgIpc) is 2.48. The van der Waals surface area contributed by atoms with Crippen LogP contribution in [-0.2, 0) is 0 Å². The Morgan fingerprint density at radius 2 is 2.19 bits per heavy atom. The fourth-order valence-corrected chi connectivity index (χ4v) is 2.72. The second kappa shape index (κ2) is 7.41. The third kappa shape index (κ3) is 3.94. The zero-order valence-corrected chi connectivity index (χ0v) is 12.3. The minimum Gasteiger partial charge on any atom is -0.490 e. The summed E-state index contributed by atoms with van der Waals surface area (Å²) in [4.78, 5) is 12.2. The van der Waals surface area contributed by atoms with Gasteiger partial charge >= 0.3 is 0 Å². The molecule has 0 radical (unpaired) electrons. The smallest absolute Gasteiger partial charge is 0.255 e. The number of aliphatic hydroxyl groups is 1. The van der Waals surface area contributed by atoms with Crippen LogP contribution in [0.5, 0.6) is 5.75 Å². The Balaban J connectivity index is 2.01. The van der Waals surface area contributed by atoms with Gasteiger partial charge in [-0.15, -0.1) is 0 Å². The number of hydrogen-bond acceptors (Lipinski definition) is 3. The topological polar surface area (TPSA) is 58.6 Å². The van der Waals surface area contributed by atoms with Crippen LogP contribution in [0.1, 0.15) is 43.0 Å². The Kier molecular flexibility index (Phi) is 5.56. The summed E-state index contributed by atoms with van der Waals surface area (Å²) in [6.45, 7) is 2.44. The van der Waals surface area contributed by atoms with Crippen LogP contribution in [0.2, 0.25) is 0 Å². The van der Waals surface area contributed by atoms with E-state index < -0.39 is 5.82 Å². The van der Waals surface area contributed by atoms with Crippen LogP contribution in [0.3, 0.4) is 0 Å². The molecular formula is C16H22FNO3. The average molecular weight is 295 g/mol. The van der Waals surface area contributed by atoms with Crippen LogP contribution in [0.4, 0.5) is 4.39 Å². The SMILES string of the molecule is CCOc1c(F)cccc1C(=O)NC[C@@H]1CCCC[C@@H]1O. The molecule has 2 atom stereocenters. The van der Waals surface area contributed by atoms with E-state index >= 15 is 0 Å². The number of ether oxygens (including phenoxy) is 1. The maximum absolute atomic E-state index is 13.7. The summed E-state index contributed by atoms with van der Waals surface area (Å²) in [7, 11) is 0. The molecule has 0 aliphatic heterocycles. The van der Waals surface area contributed by atoms with Crippen molar-refractivity contribution >= 4 is 5.91 Å². The molecule has 0 unspecified atom stereocenters. The number of para-hydroxylation sites is 1. The quantitative estimate of drug-likeness (QED) is 0.877. The highest BCUT2D eigenvalue weighted by Crippen LogP contribution is 2.25. The van der Waals surface area contributed by atoms with Gasteiger partial charge in [0.2, 0.25) is 0 Å². The predicted octanol–water partition coefficient (Wildman–Crippen LogP) is 2.51. The molecule has 1 aromatic rings. The molecule has 21 heavy (non-hydrogen) atoms. The second-order valence-electron chi connectivity index (χ2n) is 5.37. The zero-order valence-electron chi connectivity index (χ0n) is 12.3. The monoisotopic (exact) mass is 295 g/mol. The molecule has 0 aromatic heterocycles. The zero-order chi connectivity index (χ0) is 15.2. The van der Waals surface area contributed by atoms with E-state index in [4.69, 9.17) is 4.74 Å². The molecule has 1 amide bonds. The summed E-state index contributed by atoms with van der Waals surface area (Å²) in [5, 5.41) is 12.7. The van der Waals surface area contributed by atoms with E-state index in [1.54, 1.807) is 13.0 Å². The van der Waals surface area contributed by atoms with E-state index in [0.717, 1.165) is 25.7 Å².